The third kappa shape index (κ3) is 3.51. The first-order valence-corrected chi connectivity index (χ1v) is 5.04. The van der Waals surface area contributed by atoms with Crippen molar-refractivity contribution >= 4 is 0 Å². The van der Waals surface area contributed by atoms with Crippen molar-refractivity contribution in [2.45, 2.75) is 30.7 Å². The standard InChI is InChI=1S/C8H15N3O6/c9-11-10-1-2-16-8-7(15)6(14)5(13)4(3-12)17-8/h4-8,12-15H,1-3H2/t4?,5-,6+,7-,8-/m0/s1. The maximum absolute atomic E-state index is 9.53. The molecule has 0 aromatic heterocycles. The zero-order valence-corrected chi connectivity index (χ0v) is 8.96. The van der Waals surface area contributed by atoms with E-state index in [1.807, 2.05) is 0 Å². The lowest BCUT2D eigenvalue weighted by Gasteiger charge is -2.39. The summed E-state index contributed by atoms with van der Waals surface area (Å²) in [5.41, 5.74) is 8.03. The number of aliphatic hydroxyl groups excluding tert-OH is 4. The van der Waals surface area contributed by atoms with E-state index in [2.05, 4.69) is 10.0 Å². The second-order valence-corrected chi connectivity index (χ2v) is 3.52. The van der Waals surface area contributed by atoms with Crippen LogP contribution in [-0.2, 0) is 9.47 Å². The smallest absolute Gasteiger partial charge is 0.186 e. The zero-order valence-electron chi connectivity index (χ0n) is 8.96. The SMILES string of the molecule is [N-]=[N+]=NCCO[C@H]1OC(CO)[C@H](O)[C@@H](O)[C@@H]1O. The molecule has 1 fully saturated rings. The highest BCUT2D eigenvalue weighted by Gasteiger charge is 2.43. The predicted octanol–water partition coefficient (Wildman–Crippen LogP) is -1.89. The van der Waals surface area contributed by atoms with Gasteiger partial charge in [0.05, 0.1) is 13.2 Å². The lowest BCUT2D eigenvalue weighted by atomic mass is 9.99. The van der Waals surface area contributed by atoms with Crippen LogP contribution in [0.1, 0.15) is 0 Å². The number of hydrogen-bond acceptors (Lipinski definition) is 7. The molecule has 0 aliphatic carbocycles. The first-order chi connectivity index (χ1) is 8.11. The van der Waals surface area contributed by atoms with Crippen molar-refractivity contribution in [2.75, 3.05) is 19.8 Å². The van der Waals surface area contributed by atoms with Gasteiger partial charge in [0.15, 0.2) is 6.29 Å². The molecule has 1 saturated heterocycles. The maximum atomic E-state index is 9.53. The Balaban J connectivity index is 2.50. The molecular weight excluding hydrogens is 234 g/mol. The van der Waals surface area contributed by atoms with Gasteiger partial charge in [0.1, 0.15) is 24.4 Å². The van der Waals surface area contributed by atoms with Gasteiger partial charge in [-0.2, -0.15) is 0 Å². The Kier molecular flexibility index (Phi) is 5.59. The van der Waals surface area contributed by atoms with Crippen molar-refractivity contribution in [3.05, 3.63) is 10.4 Å². The molecule has 0 aromatic carbocycles. The van der Waals surface area contributed by atoms with Crippen LogP contribution in [0, 0.1) is 0 Å². The minimum absolute atomic E-state index is 0.00719. The Labute approximate surface area is 96.8 Å². The third-order valence-corrected chi connectivity index (χ3v) is 2.39. The van der Waals surface area contributed by atoms with Crippen molar-refractivity contribution in [2.24, 2.45) is 5.11 Å². The predicted molar refractivity (Wildman–Crippen MR) is 53.7 cm³/mol. The summed E-state index contributed by atoms with van der Waals surface area (Å²) in [6, 6.07) is 0. The quantitative estimate of drug-likeness (QED) is 0.194. The minimum Gasteiger partial charge on any atom is -0.394 e. The van der Waals surface area contributed by atoms with E-state index in [0.29, 0.717) is 0 Å². The Morgan fingerprint density at radius 3 is 2.53 bits per heavy atom. The van der Waals surface area contributed by atoms with Crippen LogP contribution in [0.15, 0.2) is 5.11 Å². The van der Waals surface area contributed by atoms with Crippen molar-refractivity contribution in [3.8, 4) is 0 Å². The monoisotopic (exact) mass is 249 g/mol. The molecule has 0 amide bonds. The summed E-state index contributed by atoms with van der Waals surface area (Å²) < 4.78 is 10.1. The second kappa shape index (κ2) is 6.72. The molecule has 4 N–H and O–H groups in total. The number of hydrogen-bond donors (Lipinski definition) is 4. The molecular formula is C8H15N3O6. The van der Waals surface area contributed by atoms with E-state index in [4.69, 9.17) is 20.1 Å². The molecule has 1 heterocycles. The largest absolute Gasteiger partial charge is 0.394 e. The van der Waals surface area contributed by atoms with Gasteiger partial charge in [-0.05, 0) is 5.53 Å². The lowest BCUT2D eigenvalue weighted by Crippen LogP contribution is -2.59. The third-order valence-electron chi connectivity index (χ3n) is 2.39. The van der Waals surface area contributed by atoms with Crippen LogP contribution in [0.3, 0.4) is 0 Å². The first-order valence-electron chi connectivity index (χ1n) is 5.04. The summed E-state index contributed by atoms with van der Waals surface area (Å²) in [6.07, 6.45) is -6.49. The molecule has 17 heavy (non-hydrogen) atoms. The van der Waals surface area contributed by atoms with Gasteiger partial charge in [-0.3, -0.25) is 0 Å². The van der Waals surface area contributed by atoms with E-state index in [-0.39, 0.29) is 13.2 Å². The van der Waals surface area contributed by atoms with E-state index in [0.717, 1.165) is 0 Å². The fourth-order valence-corrected chi connectivity index (χ4v) is 1.46. The molecule has 1 aliphatic heterocycles. The molecule has 9 nitrogen and oxygen atoms in total. The summed E-state index contributed by atoms with van der Waals surface area (Å²) in [5.74, 6) is 0. The molecule has 0 spiro atoms. The number of azide groups is 1. The van der Waals surface area contributed by atoms with Crippen LogP contribution in [-0.4, -0.2) is 70.9 Å². The Morgan fingerprint density at radius 1 is 1.24 bits per heavy atom. The molecule has 98 valence electrons. The number of rotatable bonds is 5. The summed E-state index contributed by atoms with van der Waals surface area (Å²) in [7, 11) is 0. The summed E-state index contributed by atoms with van der Waals surface area (Å²) >= 11 is 0. The van der Waals surface area contributed by atoms with Crippen molar-refractivity contribution < 1.29 is 29.9 Å². The van der Waals surface area contributed by atoms with Gasteiger partial charge in [-0.1, -0.05) is 5.11 Å². The lowest BCUT2D eigenvalue weighted by molar-refractivity contribution is -0.300. The molecule has 0 radical (unpaired) electrons. The average Bonchev–Trinajstić information content (AvgIpc) is 2.34. The van der Waals surface area contributed by atoms with Crippen molar-refractivity contribution in [1.29, 1.82) is 0 Å². The van der Waals surface area contributed by atoms with E-state index in [1.54, 1.807) is 0 Å². The van der Waals surface area contributed by atoms with Crippen LogP contribution in [0.2, 0.25) is 0 Å². The molecule has 0 aromatic rings. The topological polar surface area (TPSA) is 148 Å². The summed E-state index contributed by atoms with van der Waals surface area (Å²) in [5, 5.41) is 40.5. The zero-order chi connectivity index (χ0) is 12.8. The normalized spacial score (nSPS) is 37.5. The van der Waals surface area contributed by atoms with Gasteiger partial charge in [-0.15, -0.1) is 0 Å². The summed E-state index contributed by atoms with van der Waals surface area (Å²) in [4.78, 5) is 2.51. The fraction of sp³-hybridized carbons (Fsp3) is 1.00. The molecule has 0 saturated carbocycles. The average molecular weight is 249 g/mol. The van der Waals surface area contributed by atoms with Gasteiger partial charge in [0.25, 0.3) is 0 Å². The van der Waals surface area contributed by atoms with Crippen LogP contribution in [0.5, 0.6) is 0 Å². The highest BCUT2D eigenvalue weighted by molar-refractivity contribution is 4.88. The van der Waals surface area contributed by atoms with Crippen molar-refractivity contribution in [3.63, 3.8) is 0 Å². The Hall–Kier alpha value is -0.930. The molecule has 1 unspecified atom stereocenters. The van der Waals surface area contributed by atoms with E-state index >= 15 is 0 Å². The second-order valence-electron chi connectivity index (χ2n) is 3.52. The highest BCUT2D eigenvalue weighted by atomic mass is 16.7. The van der Waals surface area contributed by atoms with E-state index in [1.165, 1.54) is 0 Å². The first kappa shape index (κ1) is 14.1. The van der Waals surface area contributed by atoms with Gasteiger partial charge >= 0.3 is 0 Å². The Morgan fingerprint density at radius 2 is 1.94 bits per heavy atom. The number of aliphatic hydroxyl groups is 4. The molecule has 1 rings (SSSR count). The molecule has 5 atom stereocenters. The maximum Gasteiger partial charge on any atom is 0.186 e. The van der Waals surface area contributed by atoms with Crippen LogP contribution in [0.4, 0.5) is 0 Å². The summed E-state index contributed by atoms with van der Waals surface area (Å²) in [6.45, 7) is -0.473. The van der Waals surface area contributed by atoms with Gasteiger partial charge in [0.2, 0.25) is 0 Å². The van der Waals surface area contributed by atoms with Gasteiger partial charge in [0, 0.05) is 11.5 Å². The number of ether oxygens (including phenoxy) is 2. The highest BCUT2D eigenvalue weighted by Crippen LogP contribution is 2.21. The van der Waals surface area contributed by atoms with E-state index < -0.39 is 37.3 Å². The van der Waals surface area contributed by atoms with Gasteiger partial charge < -0.3 is 29.9 Å². The van der Waals surface area contributed by atoms with Crippen molar-refractivity contribution in [1.82, 2.24) is 0 Å². The van der Waals surface area contributed by atoms with Crippen LogP contribution >= 0.6 is 0 Å². The van der Waals surface area contributed by atoms with Crippen LogP contribution < -0.4 is 0 Å². The molecule has 1 aliphatic rings. The minimum atomic E-state index is -1.47. The molecule has 0 bridgehead atoms. The Bertz CT molecular complexity index is 282. The molecule has 9 heteroatoms. The van der Waals surface area contributed by atoms with Crippen LogP contribution in [0.25, 0.3) is 10.4 Å². The van der Waals surface area contributed by atoms with Gasteiger partial charge in [-0.25, -0.2) is 0 Å². The van der Waals surface area contributed by atoms with E-state index in [9.17, 15) is 15.3 Å². The fourth-order valence-electron chi connectivity index (χ4n) is 1.46. The number of nitrogens with zero attached hydrogens (tertiary/aromatic N) is 3.